The van der Waals surface area contributed by atoms with Crippen molar-refractivity contribution in [1.29, 1.82) is 0 Å². The maximum absolute atomic E-state index is 5.16. The van der Waals surface area contributed by atoms with Crippen LogP contribution in [0.2, 0.25) is 0 Å². The summed E-state index contributed by atoms with van der Waals surface area (Å²) in [5.74, 6) is 3.42. The van der Waals surface area contributed by atoms with Gasteiger partial charge in [0.2, 0.25) is 0 Å². The van der Waals surface area contributed by atoms with Crippen LogP contribution in [0.15, 0.2) is 23.6 Å². The van der Waals surface area contributed by atoms with Crippen molar-refractivity contribution in [2.24, 2.45) is 0 Å². The van der Waals surface area contributed by atoms with Crippen molar-refractivity contribution in [1.82, 2.24) is 5.32 Å². The van der Waals surface area contributed by atoms with E-state index in [0.717, 1.165) is 24.3 Å². The van der Waals surface area contributed by atoms with E-state index in [9.17, 15) is 0 Å². The molecule has 64 valence electrons. The van der Waals surface area contributed by atoms with Crippen molar-refractivity contribution in [3.63, 3.8) is 0 Å². The van der Waals surface area contributed by atoms with E-state index in [0.29, 0.717) is 6.54 Å². The molecule has 0 fully saturated rings. The normalized spacial score (nSPS) is 15.7. The Hall–Kier alpha value is -1.36. The second-order valence-electron chi connectivity index (χ2n) is 2.53. The van der Waals surface area contributed by atoms with E-state index >= 15 is 0 Å². The molecular weight excluding hydrogens is 150 g/mol. The summed E-state index contributed by atoms with van der Waals surface area (Å²) in [7, 11) is 1.67. The molecule has 12 heavy (non-hydrogen) atoms. The van der Waals surface area contributed by atoms with Gasteiger partial charge in [-0.1, -0.05) is 12.0 Å². The van der Waals surface area contributed by atoms with Crippen molar-refractivity contribution < 1.29 is 4.74 Å². The van der Waals surface area contributed by atoms with Gasteiger partial charge in [-0.05, 0) is 18.9 Å². The van der Waals surface area contributed by atoms with Crippen molar-refractivity contribution in [3.05, 3.63) is 23.6 Å². The Balaban J connectivity index is 2.56. The minimum absolute atomic E-state index is 0.548. The first-order valence-corrected chi connectivity index (χ1v) is 4.00. The number of allylic oxidation sites excluding steroid dienone is 2. The average Bonchev–Trinajstić information content (AvgIpc) is 2.15. The molecule has 0 bridgehead atoms. The van der Waals surface area contributed by atoms with E-state index in [-0.39, 0.29) is 0 Å². The Labute approximate surface area is 73.3 Å². The molecule has 0 unspecified atom stereocenters. The second kappa shape index (κ2) is 4.50. The topological polar surface area (TPSA) is 21.3 Å². The molecule has 0 aromatic heterocycles. The number of hydrogen-bond acceptors (Lipinski definition) is 2. The Morgan fingerprint density at radius 2 is 2.33 bits per heavy atom. The van der Waals surface area contributed by atoms with E-state index in [1.807, 2.05) is 0 Å². The fourth-order valence-corrected chi connectivity index (χ4v) is 1.15. The van der Waals surface area contributed by atoms with Crippen molar-refractivity contribution >= 4 is 0 Å². The molecule has 0 saturated heterocycles. The van der Waals surface area contributed by atoms with Crippen molar-refractivity contribution in [2.45, 2.75) is 12.8 Å². The highest BCUT2D eigenvalue weighted by atomic mass is 16.5. The van der Waals surface area contributed by atoms with Gasteiger partial charge in [-0.15, -0.1) is 6.42 Å². The van der Waals surface area contributed by atoms with Crippen molar-refractivity contribution in [3.8, 4) is 12.3 Å². The summed E-state index contributed by atoms with van der Waals surface area (Å²) >= 11 is 0. The molecule has 2 heteroatoms. The number of methoxy groups -OCH3 is 1. The molecule has 1 aliphatic carbocycles. The molecule has 0 aromatic rings. The van der Waals surface area contributed by atoms with E-state index < -0.39 is 0 Å². The highest BCUT2D eigenvalue weighted by molar-refractivity contribution is 5.27. The Kier molecular flexibility index (Phi) is 3.28. The average molecular weight is 163 g/mol. The van der Waals surface area contributed by atoms with Gasteiger partial charge in [-0.25, -0.2) is 0 Å². The summed E-state index contributed by atoms with van der Waals surface area (Å²) in [6, 6.07) is 0. The molecular formula is C10H13NO. The predicted molar refractivity (Wildman–Crippen MR) is 49.2 cm³/mol. The van der Waals surface area contributed by atoms with E-state index in [2.05, 4.69) is 23.4 Å². The SMILES string of the molecule is C#CCNC1=CCCC=C1OC. The summed E-state index contributed by atoms with van der Waals surface area (Å²) in [6.07, 6.45) is 11.4. The zero-order valence-corrected chi connectivity index (χ0v) is 7.26. The van der Waals surface area contributed by atoms with E-state index in [1.165, 1.54) is 0 Å². The van der Waals surface area contributed by atoms with Crippen LogP contribution in [0, 0.1) is 12.3 Å². The lowest BCUT2D eigenvalue weighted by molar-refractivity contribution is 0.292. The monoisotopic (exact) mass is 163 g/mol. The fourth-order valence-electron chi connectivity index (χ4n) is 1.15. The molecule has 0 spiro atoms. The third-order valence-corrected chi connectivity index (χ3v) is 1.71. The molecule has 0 amide bonds. The lowest BCUT2D eigenvalue weighted by Crippen LogP contribution is -2.17. The molecule has 1 rings (SSSR count). The lowest BCUT2D eigenvalue weighted by Gasteiger charge is -2.15. The molecule has 1 N–H and O–H groups in total. The second-order valence-corrected chi connectivity index (χ2v) is 2.53. The first-order chi connectivity index (χ1) is 5.88. The van der Waals surface area contributed by atoms with Crippen LogP contribution in [0.5, 0.6) is 0 Å². The largest absolute Gasteiger partial charge is 0.495 e. The van der Waals surface area contributed by atoms with Crippen LogP contribution in [0.4, 0.5) is 0 Å². The zero-order valence-electron chi connectivity index (χ0n) is 7.26. The van der Waals surface area contributed by atoms with Gasteiger partial charge in [0.05, 0.1) is 19.4 Å². The summed E-state index contributed by atoms with van der Waals surface area (Å²) in [6.45, 7) is 0.548. The quantitative estimate of drug-likeness (QED) is 0.635. The van der Waals surface area contributed by atoms with Gasteiger partial charge in [0.25, 0.3) is 0 Å². The van der Waals surface area contributed by atoms with Crippen LogP contribution >= 0.6 is 0 Å². The number of nitrogens with one attached hydrogen (secondary N) is 1. The summed E-state index contributed by atoms with van der Waals surface area (Å²) in [4.78, 5) is 0. The van der Waals surface area contributed by atoms with Gasteiger partial charge < -0.3 is 10.1 Å². The fraction of sp³-hybridized carbons (Fsp3) is 0.400. The number of terminal acetylenes is 1. The highest BCUT2D eigenvalue weighted by Crippen LogP contribution is 2.16. The molecule has 1 aliphatic rings. The maximum atomic E-state index is 5.16. The van der Waals surface area contributed by atoms with E-state index in [1.54, 1.807) is 7.11 Å². The number of hydrogen-bond donors (Lipinski definition) is 1. The first-order valence-electron chi connectivity index (χ1n) is 4.00. The summed E-state index contributed by atoms with van der Waals surface area (Å²) in [5.41, 5.74) is 1.02. The molecule has 0 radical (unpaired) electrons. The molecule has 0 aliphatic heterocycles. The van der Waals surface area contributed by atoms with Gasteiger partial charge in [0, 0.05) is 0 Å². The Morgan fingerprint density at radius 3 is 3.00 bits per heavy atom. The minimum Gasteiger partial charge on any atom is -0.495 e. The molecule has 0 atom stereocenters. The van der Waals surface area contributed by atoms with Crippen LogP contribution in [0.3, 0.4) is 0 Å². The molecule has 0 heterocycles. The Morgan fingerprint density at radius 1 is 1.58 bits per heavy atom. The molecule has 0 aromatic carbocycles. The van der Waals surface area contributed by atoms with Crippen LogP contribution in [0.1, 0.15) is 12.8 Å². The van der Waals surface area contributed by atoms with Gasteiger partial charge >= 0.3 is 0 Å². The molecule has 2 nitrogen and oxygen atoms in total. The highest BCUT2D eigenvalue weighted by Gasteiger charge is 2.06. The van der Waals surface area contributed by atoms with Crippen LogP contribution < -0.4 is 5.32 Å². The Bertz CT molecular complexity index is 245. The molecule has 0 saturated carbocycles. The third-order valence-electron chi connectivity index (χ3n) is 1.71. The van der Waals surface area contributed by atoms with Gasteiger partial charge in [0.15, 0.2) is 0 Å². The third kappa shape index (κ3) is 2.06. The van der Waals surface area contributed by atoms with Crippen molar-refractivity contribution in [2.75, 3.05) is 13.7 Å². The van der Waals surface area contributed by atoms with E-state index in [4.69, 9.17) is 11.2 Å². The van der Waals surface area contributed by atoms with Crippen LogP contribution in [0.25, 0.3) is 0 Å². The number of rotatable bonds is 3. The van der Waals surface area contributed by atoms with Crippen LogP contribution in [-0.4, -0.2) is 13.7 Å². The van der Waals surface area contributed by atoms with Crippen LogP contribution in [-0.2, 0) is 4.74 Å². The zero-order chi connectivity index (χ0) is 8.81. The van der Waals surface area contributed by atoms with Gasteiger partial charge in [-0.3, -0.25) is 0 Å². The predicted octanol–water partition coefficient (Wildman–Crippen LogP) is 1.42. The first kappa shape index (κ1) is 8.73. The minimum atomic E-state index is 0.548. The smallest absolute Gasteiger partial charge is 0.137 e. The summed E-state index contributed by atoms with van der Waals surface area (Å²) < 4.78 is 5.16. The maximum Gasteiger partial charge on any atom is 0.137 e. The van der Waals surface area contributed by atoms with Gasteiger partial charge in [-0.2, -0.15) is 0 Å². The standard InChI is InChI=1S/C10H13NO/c1-3-8-11-9-6-4-5-7-10(9)12-2/h1,6-7,11H,4-5,8H2,2H3. The van der Waals surface area contributed by atoms with Gasteiger partial charge in [0.1, 0.15) is 5.76 Å². The lowest BCUT2D eigenvalue weighted by atomic mass is 10.1. The summed E-state index contributed by atoms with van der Waals surface area (Å²) in [5, 5.41) is 3.10. The number of ether oxygens (including phenoxy) is 1.